The molecule has 0 saturated carbocycles. The van der Waals surface area contributed by atoms with Gasteiger partial charge in [0, 0.05) is 51.3 Å². The first kappa shape index (κ1) is 16.8. The summed E-state index contributed by atoms with van der Waals surface area (Å²) in [6.45, 7) is 5.69. The zero-order chi connectivity index (χ0) is 18.3. The molecule has 0 N–H and O–H groups in total. The number of likely N-dealkylation sites (N-methyl/N-ethyl adjacent to an activating group) is 1. The van der Waals surface area contributed by atoms with Crippen LogP contribution in [0.25, 0.3) is 16.6 Å². The van der Waals surface area contributed by atoms with Gasteiger partial charge < -0.3 is 14.2 Å². The van der Waals surface area contributed by atoms with Gasteiger partial charge in [-0.25, -0.2) is 4.68 Å². The molecule has 0 atom stereocenters. The van der Waals surface area contributed by atoms with E-state index in [9.17, 15) is 9.59 Å². The molecule has 4 heterocycles. The summed E-state index contributed by atoms with van der Waals surface area (Å²) < 4.78 is 8.66. The fourth-order valence-corrected chi connectivity index (χ4v) is 3.57. The monoisotopic (exact) mass is 357 g/mol. The molecule has 0 unspecified atom stereocenters. The molecule has 1 aliphatic heterocycles. The summed E-state index contributed by atoms with van der Waals surface area (Å²) in [5.74, 6) is 0.880. The Balaban J connectivity index is 1.47. The third-order valence-electron chi connectivity index (χ3n) is 5.08. The zero-order valence-electron chi connectivity index (χ0n) is 15.1. The summed E-state index contributed by atoms with van der Waals surface area (Å²) in [6.07, 6.45) is 2.64. The highest BCUT2D eigenvalue weighted by Gasteiger charge is 2.19. The van der Waals surface area contributed by atoms with Crippen molar-refractivity contribution in [1.82, 2.24) is 24.0 Å². The van der Waals surface area contributed by atoms with Gasteiger partial charge in [-0.3, -0.25) is 14.0 Å². The van der Waals surface area contributed by atoms with Gasteiger partial charge in [0.2, 0.25) is 5.91 Å². The fourth-order valence-electron chi connectivity index (χ4n) is 3.57. The lowest BCUT2D eigenvalue weighted by atomic mass is 10.2. The summed E-state index contributed by atoms with van der Waals surface area (Å²) >= 11 is 0. The molecular weight excluding hydrogens is 334 g/mol. The van der Waals surface area contributed by atoms with Crippen LogP contribution in [0, 0.1) is 6.92 Å². The molecule has 4 rings (SSSR count). The van der Waals surface area contributed by atoms with Gasteiger partial charge >= 0.3 is 0 Å². The van der Waals surface area contributed by atoms with Crippen LogP contribution in [-0.4, -0.2) is 63.1 Å². The second-order valence-corrected chi connectivity index (χ2v) is 6.90. The van der Waals surface area contributed by atoms with Crippen LogP contribution in [0.4, 0.5) is 0 Å². The van der Waals surface area contributed by atoms with Gasteiger partial charge in [0.15, 0.2) is 5.58 Å². The van der Waals surface area contributed by atoms with E-state index in [4.69, 9.17) is 4.42 Å². The first-order valence-electron chi connectivity index (χ1n) is 8.97. The number of amides is 1. The number of nitrogens with zero attached hydrogens (tertiary/aromatic N) is 5. The van der Waals surface area contributed by atoms with Crippen LogP contribution < -0.4 is 5.56 Å². The van der Waals surface area contributed by atoms with E-state index in [1.807, 2.05) is 22.3 Å². The van der Waals surface area contributed by atoms with Crippen molar-refractivity contribution in [2.24, 2.45) is 0 Å². The predicted molar refractivity (Wildman–Crippen MR) is 97.3 cm³/mol. The second-order valence-electron chi connectivity index (χ2n) is 6.90. The Morgan fingerprint density at radius 1 is 1.23 bits per heavy atom. The molecule has 1 amide bonds. The Bertz CT molecular complexity index is 1010. The van der Waals surface area contributed by atoms with E-state index in [-0.39, 0.29) is 11.5 Å². The minimum Gasteiger partial charge on any atom is -0.463 e. The van der Waals surface area contributed by atoms with E-state index in [2.05, 4.69) is 17.0 Å². The molecule has 0 aromatic carbocycles. The topological polar surface area (TPSA) is 76.0 Å². The molecule has 138 valence electrons. The lowest BCUT2D eigenvalue weighted by molar-refractivity contribution is -0.132. The number of hydrogen-bond donors (Lipinski definition) is 0. The maximum absolute atomic E-state index is 12.7. The molecule has 3 aromatic heterocycles. The average molecular weight is 357 g/mol. The molecular formula is C18H23N5O3. The Hall–Kier alpha value is -2.61. The Morgan fingerprint density at radius 3 is 2.77 bits per heavy atom. The Labute approximate surface area is 150 Å². The number of furan rings is 1. The molecule has 3 aromatic rings. The molecule has 1 fully saturated rings. The van der Waals surface area contributed by atoms with Crippen molar-refractivity contribution in [1.29, 1.82) is 0 Å². The van der Waals surface area contributed by atoms with Crippen LogP contribution in [0.2, 0.25) is 0 Å². The van der Waals surface area contributed by atoms with Gasteiger partial charge in [-0.2, -0.15) is 5.10 Å². The second kappa shape index (κ2) is 6.60. The smallest absolute Gasteiger partial charge is 0.291 e. The summed E-state index contributed by atoms with van der Waals surface area (Å²) in [7, 11) is 2.07. The van der Waals surface area contributed by atoms with E-state index in [0.29, 0.717) is 30.5 Å². The van der Waals surface area contributed by atoms with Crippen molar-refractivity contribution in [3.8, 4) is 0 Å². The van der Waals surface area contributed by atoms with Crippen LogP contribution in [0.1, 0.15) is 18.7 Å². The molecule has 1 aliphatic rings. The van der Waals surface area contributed by atoms with Crippen LogP contribution >= 0.6 is 0 Å². The number of carbonyl (C=O) groups is 1. The highest BCUT2D eigenvalue weighted by atomic mass is 16.3. The van der Waals surface area contributed by atoms with Crippen molar-refractivity contribution in [3.05, 3.63) is 34.6 Å². The first-order valence-corrected chi connectivity index (χ1v) is 8.97. The molecule has 8 heteroatoms. The minimum absolute atomic E-state index is 0.157. The first-order chi connectivity index (χ1) is 12.5. The number of carbonyl (C=O) groups excluding carboxylic acids is 1. The largest absolute Gasteiger partial charge is 0.463 e. The highest BCUT2D eigenvalue weighted by molar-refractivity contribution is 5.82. The lowest BCUT2D eigenvalue weighted by Crippen LogP contribution is -2.47. The quantitative estimate of drug-likeness (QED) is 0.699. The van der Waals surface area contributed by atoms with E-state index in [0.717, 1.165) is 37.5 Å². The van der Waals surface area contributed by atoms with Gasteiger partial charge in [-0.15, -0.1) is 0 Å². The number of aromatic nitrogens is 3. The molecule has 1 saturated heterocycles. The normalized spacial score (nSPS) is 16.0. The maximum Gasteiger partial charge on any atom is 0.291 e. The minimum atomic E-state index is -0.158. The number of fused-ring (bicyclic) bond motifs is 3. The lowest BCUT2D eigenvalue weighted by Gasteiger charge is -2.32. The Morgan fingerprint density at radius 2 is 2.00 bits per heavy atom. The highest BCUT2D eigenvalue weighted by Crippen LogP contribution is 2.20. The van der Waals surface area contributed by atoms with Gasteiger partial charge in [-0.1, -0.05) is 0 Å². The summed E-state index contributed by atoms with van der Waals surface area (Å²) in [5.41, 5.74) is 1.92. The molecule has 0 spiro atoms. The van der Waals surface area contributed by atoms with Crippen molar-refractivity contribution < 1.29 is 9.21 Å². The van der Waals surface area contributed by atoms with Crippen molar-refractivity contribution >= 4 is 22.5 Å². The standard InChI is InChI=1S/C18H23N5O3/c1-13-19-22(6-3-4-17(24)21-9-7-20(2)8-10-21)18(25)15-12-16-14(23(13)15)5-11-26-16/h5,11-12H,3-4,6-10H2,1-2H3. The molecule has 8 nitrogen and oxygen atoms in total. The van der Waals surface area contributed by atoms with Gasteiger partial charge in [-0.05, 0) is 20.4 Å². The van der Waals surface area contributed by atoms with E-state index >= 15 is 0 Å². The average Bonchev–Trinajstić information content (AvgIpc) is 3.20. The van der Waals surface area contributed by atoms with Crippen LogP contribution in [0.15, 0.2) is 27.6 Å². The van der Waals surface area contributed by atoms with Gasteiger partial charge in [0.05, 0.1) is 11.8 Å². The number of rotatable bonds is 4. The molecule has 0 aliphatic carbocycles. The molecule has 26 heavy (non-hydrogen) atoms. The van der Waals surface area contributed by atoms with Crippen LogP contribution in [0.5, 0.6) is 0 Å². The van der Waals surface area contributed by atoms with E-state index < -0.39 is 0 Å². The van der Waals surface area contributed by atoms with Crippen molar-refractivity contribution in [3.63, 3.8) is 0 Å². The molecule has 0 radical (unpaired) electrons. The summed E-state index contributed by atoms with van der Waals surface area (Å²) in [5, 5.41) is 4.42. The van der Waals surface area contributed by atoms with Crippen LogP contribution in [0.3, 0.4) is 0 Å². The summed E-state index contributed by atoms with van der Waals surface area (Å²) in [4.78, 5) is 29.2. The number of aryl methyl sites for hydroxylation is 2. The SMILES string of the molecule is Cc1nn(CCCC(=O)N2CCN(C)CC2)c(=O)c2cc3occc3n12. The van der Waals surface area contributed by atoms with Crippen molar-refractivity contribution in [2.45, 2.75) is 26.3 Å². The Kier molecular flexibility index (Phi) is 4.28. The fraction of sp³-hybridized carbons (Fsp3) is 0.500. The van der Waals surface area contributed by atoms with E-state index in [1.54, 1.807) is 12.3 Å². The maximum atomic E-state index is 12.7. The van der Waals surface area contributed by atoms with Gasteiger partial charge in [0.1, 0.15) is 11.3 Å². The summed E-state index contributed by atoms with van der Waals surface area (Å²) in [6, 6.07) is 3.58. The molecule has 0 bridgehead atoms. The zero-order valence-corrected chi connectivity index (χ0v) is 15.1. The number of hydrogen-bond acceptors (Lipinski definition) is 5. The third-order valence-corrected chi connectivity index (χ3v) is 5.08. The third kappa shape index (κ3) is 2.90. The van der Waals surface area contributed by atoms with Gasteiger partial charge in [0.25, 0.3) is 5.56 Å². The van der Waals surface area contributed by atoms with Crippen molar-refractivity contribution in [2.75, 3.05) is 33.2 Å². The van der Waals surface area contributed by atoms with E-state index in [1.165, 1.54) is 4.68 Å². The number of piperazine rings is 1. The van der Waals surface area contributed by atoms with Crippen LogP contribution in [-0.2, 0) is 11.3 Å². The predicted octanol–water partition coefficient (Wildman–Crippen LogP) is 1.10.